The monoisotopic (exact) mass is 321 g/mol. The van der Waals surface area contributed by atoms with Gasteiger partial charge in [0.15, 0.2) is 0 Å². The first-order valence-electron chi connectivity index (χ1n) is 7.21. The Labute approximate surface area is 133 Å². The summed E-state index contributed by atoms with van der Waals surface area (Å²) < 4.78 is 13.3. The largest absolute Gasteiger partial charge is 0.391 e. The zero-order valence-electron chi connectivity index (χ0n) is 12.0. The van der Waals surface area contributed by atoms with Crippen LogP contribution in [0.25, 0.3) is 0 Å². The summed E-state index contributed by atoms with van der Waals surface area (Å²) >= 11 is 6.10. The average molecular weight is 322 g/mol. The van der Waals surface area contributed by atoms with E-state index in [-0.39, 0.29) is 11.7 Å². The number of benzene rings is 1. The second kappa shape index (κ2) is 6.69. The summed E-state index contributed by atoms with van der Waals surface area (Å²) in [5.41, 5.74) is 1.62. The summed E-state index contributed by atoms with van der Waals surface area (Å²) in [7, 11) is 0. The maximum atomic E-state index is 13.3. The maximum absolute atomic E-state index is 13.3. The number of hydrogen-bond acceptors (Lipinski definition) is 4. The fraction of sp³-hybridized carbons (Fsp3) is 0.375. The second-order valence-corrected chi connectivity index (χ2v) is 6.07. The smallest absolute Gasteiger partial charge is 0.123 e. The van der Waals surface area contributed by atoms with E-state index in [2.05, 4.69) is 14.9 Å². The summed E-state index contributed by atoms with van der Waals surface area (Å²) in [6.07, 6.45) is 5.27. The first kappa shape index (κ1) is 15.3. The van der Waals surface area contributed by atoms with E-state index < -0.39 is 6.10 Å². The van der Waals surface area contributed by atoms with Crippen molar-refractivity contribution in [2.75, 3.05) is 13.1 Å². The minimum absolute atomic E-state index is 0.101. The SMILES string of the molecule is O[C@@H]1CN(Cc2cc(F)ccc2Cl)C[C@H]1Cc1cnccn1. The van der Waals surface area contributed by atoms with Crippen LogP contribution in [0.5, 0.6) is 0 Å². The minimum atomic E-state index is -0.422. The van der Waals surface area contributed by atoms with Gasteiger partial charge in [-0.05, 0) is 30.2 Å². The Bertz CT molecular complexity index is 641. The molecule has 0 radical (unpaired) electrons. The predicted octanol–water partition coefficient (Wildman–Crippen LogP) is 2.30. The Morgan fingerprint density at radius 1 is 1.32 bits per heavy atom. The van der Waals surface area contributed by atoms with Crippen molar-refractivity contribution in [1.82, 2.24) is 14.9 Å². The Balaban J connectivity index is 1.64. The highest BCUT2D eigenvalue weighted by atomic mass is 35.5. The molecule has 0 unspecified atom stereocenters. The van der Waals surface area contributed by atoms with Crippen LogP contribution in [0.2, 0.25) is 5.02 Å². The van der Waals surface area contributed by atoms with Crippen LogP contribution in [0.4, 0.5) is 4.39 Å². The molecular formula is C16H17ClFN3O. The van der Waals surface area contributed by atoms with Crippen LogP contribution in [-0.2, 0) is 13.0 Å². The molecule has 2 aromatic rings. The Kier molecular flexibility index (Phi) is 4.66. The lowest BCUT2D eigenvalue weighted by molar-refractivity contribution is 0.140. The number of nitrogens with zero attached hydrogens (tertiary/aromatic N) is 3. The number of aromatic nitrogens is 2. The molecule has 0 aliphatic carbocycles. The van der Waals surface area contributed by atoms with Gasteiger partial charge < -0.3 is 5.11 Å². The van der Waals surface area contributed by atoms with Crippen molar-refractivity contribution in [2.24, 2.45) is 5.92 Å². The van der Waals surface area contributed by atoms with Gasteiger partial charge in [0.05, 0.1) is 11.8 Å². The van der Waals surface area contributed by atoms with Crippen LogP contribution in [0, 0.1) is 11.7 Å². The molecule has 0 bridgehead atoms. The van der Waals surface area contributed by atoms with Crippen LogP contribution >= 0.6 is 11.6 Å². The molecule has 2 atom stereocenters. The van der Waals surface area contributed by atoms with Gasteiger partial charge in [0.1, 0.15) is 5.82 Å². The standard InChI is InChI=1S/C16H17ClFN3O/c17-15-2-1-13(18)5-11(15)8-21-9-12(16(22)10-21)6-14-7-19-3-4-20-14/h1-5,7,12,16,22H,6,8-10H2/t12-,16-/m1/s1. The van der Waals surface area contributed by atoms with Crippen molar-refractivity contribution in [3.63, 3.8) is 0 Å². The molecule has 0 saturated carbocycles. The Hall–Kier alpha value is -1.56. The third-order valence-electron chi connectivity index (χ3n) is 3.97. The van der Waals surface area contributed by atoms with E-state index in [1.54, 1.807) is 24.7 Å². The van der Waals surface area contributed by atoms with Gasteiger partial charge in [-0.15, -0.1) is 0 Å². The zero-order chi connectivity index (χ0) is 15.5. The van der Waals surface area contributed by atoms with Crippen molar-refractivity contribution < 1.29 is 9.50 Å². The van der Waals surface area contributed by atoms with Crippen molar-refractivity contribution in [3.05, 3.63) is 58.9 Å². The van der Waals surface area contributed by atoms with Crippen molar-refractivity contribution >= 4 is 11.6 Å². The van der Waals surface area contributed by atoms with Gasteiger partial charge in [0.25, 0.3) is 0 Å². The van der Waals surface area contributed by atoms with E-state index in [1.165, 1.54) is 12.1 Å². The predicted molar refractivity (Wildman–Crippen MR) is 81.9 cm³/mol. The molecule has 1 N–H and O–H groups in total. The normalized spacial score (nSPS) is 22.1. The Morgan fingerprint density at radius 2 is 2.18 bits per heavy atom. The van der Waals surface area contributed by atoms with Gasteiger partial charge in [-0.3, -0.25) is 14.9 Å². The van der Waals surface area contributed by atoms with E-state index in [9.17, 15) is 9.50 Å². The summed E-state index contributed by atoms with van der Waals surface area (Å²) in [6.45, 7) is 1.81. The summed E-state index contributed by atoms with van der Waals surface area (Å²) in [5.74, 6) is -0.195. The summed E-state index contributed by atoms with van der Waals surface area (Å²) in [5, 5.41) is 10.8. The molecule has 1 fully saturated rings. The van der Waals surface area contributed by atoms with Crippen LogP contribution in [0.1, 0.15) is 11.3 Å². The highest BCUT2D eigenvalue weighted by Crippen LogP contribution is 2.25. The lowest BCUT2D eigenvalue weighted by Gasteiger charge is -2.16. The molecule has 1 aromatic heterocycles. The van der Waals surface area contributed by atoms with Gasteiger partial charge in [-0.25, -0.2) is 4.39 Å². The highest BCUT2D eigenvalue weighted by molar-refractivity contribution is 6.31. The molecule has 1 aliphatic heterocycles. The molecule has 2 heterocycles. The second-order valence-electron chi connectivity index (χ2n) is 5.66. The number of halogens is 2. The molecule has 3 rings (SSSR count). The molecule has 6 heteroatoms. The van der Waals surface area contributed by atoms with Gasteiger partial charge in [-0.2, -0.15) is 0 Å². The van der Waals surface area contributed by atoms with E-state index in [4.69, 9.17) is 11.6 Å². The van der Waals surface area contributed by atoms with Crippen LogP contribution in [0.15, 0.2) is 36.8 Å². The van der Waals surface area contributed by atoms with E-state index >= 15 is 0 Å². The molecule has 1 aromatic carbocycles. The first-order valence-corrected chi connectivity index (χ1v) is 7.59. The highest BCUT2D eigenvalue weighted by Gasteiger charge is 2.31. The number of hydrogen-bond donors (Lipinski definition) is 1. The molecule has 1 saturated heterocycles. The quantitative estimate of drug-likeness (QED) is 0.939. The molecule has 4 nitrogen and oxygen atoms in total. The fourth-order valence-corrected chi connectivity index (χ4v) is 3.06. The lowest BCUT2D eigenvalue weighted by atomic mass is 10.0. The topological polar surface area (TPSA) is 49.2 Å². The van der Waals surface area contributed by atoms with Crippen LogP contribution in [-0.4, -0.2) is 39.2 Å². The first-order chi connectivity index (χ1) is 10.6. The van der Waals surface area contributed by atoms with Gasteiger partial charge >= 0.3 is 0 Å². The number of rotatable bonds is 4. The van der Waals surface area contributed by atoms with Crippen molar-refractivity contribution in [2.45, 2.75) is 19.1 Å². The van der Waals surface area contributed by atoms with Gasteiger partial charge in [-0.1, -0.05) is 11.6 Å². The number of aliphatic hydroxyl groups excluding tert-OH is 1. The number of aliphatic hydroxyl groups is 1. The third kappa shape index (κ3) is 3.61. The minimum Gasteiger partial charge on any atom is -0.391 e. The number of β-amino-alcohol motifs (C(OH)–C–C–N with tert-alkyl or cyclic N) is 1. The number of likely N-dealkylation sites (tertiary alicyclic amines) is 1. The molecule has 0 spiro atoms. The molecule has 22 heavy (non-hydrogen) atoms. The maximum Gasteiger partial charge on any atom is 0.123 e. The average Bonchev–Trinajstić information content (AvgIpc) is 2.84. The molecular weight excluding hydrogens is 305 g/mol. The summed E-state index contributed by atoms with van der Waals surface area (Å²) in [4.78, 5) is 10.4. The molecule has 0 amide bonds. The van der Waals surface area contributed by atoms with Crippen LogP contribution < -0.4 is 0 Å². The van der Waals surface area contributed by atoms with E-state index in [0.29, 0.717) is 24.5 Å². The van der Waals surface area contributed by atoms with Gasteiger partial charge in [0, 0.05) is 49.2 Å². The Morgan fingerprint density at radius 3 is 2.95 bits per heavy atom. The molecule has 1 aliphatic rings. The van der Waals surface area contributed by atoms with E-state index in [1.807, 2.05) is 0 Å². The zero-order valence-corrected chi connectivity index (χ0v) is 12.7. The molecule has 116 valence electrons. The third-order valence-corrected chi connectivity index (χ3v) is 4.34. The van der Waals surface area contributed by atoms with Crippen molar-refractivity contribution in [1.29, 1.82) is 0 Å². The van der Waals surface area contributed by atoms with E-state index in [0.717, 1.165) is 17.8 Å². The van der Waals surface area contributed by atoms with Gasteiger partial charge in [0.2, 0.25) is 0 Å². The fourth-order valence-electron chi connectivity index (χ4n) is 2.88. The van der Waals surface area contributed by atoms with Crippen molar-refractivity contribution in [3.8, 4) is 0 Å². The summed E-state index contributed by atoms with van der Waals surface area (Å²) in [6, 6.07) is 4.36. The van der Waals surface area contributed by atoms with Crippen LogP contribution in [0.3, 0.4) is 0 Å². The lowest BCUT2D eigenvalue weighted by Crippen LogP contribution is -2.21.